The Bertz CT molecular complexity index is 542. The molecule has 2 aromatic carbocycles. The standard InChI is InChI=1S/C14H13BrClNO/c1-9(10-2-5-12(18)6-3-10)17-14-7-4-11(16)8-13(14)15/h2-9,17-18H,1H3. The van der Waals surface area contributed by atoms with Crippen LogP contribution < -0.4 is 5.32 Å². The zero-order chi connectivity index (χ0) is 13.1. The van der Waals surface area contributed by atoms with Gasteiger partial charge >= 0.3 is 0 Å². The van der Waals surface area contributed by atoms with Crippen LogP contribution in [0.25, 0.3) is 0 Å². The lowest BCUT2D eigenvalue weighted by molar-refractivity contribution is 0.475. The van der Waals surface area contributed by atoms with Crippen molar-refractivity contribution in [2.24, 2.45) is 0 Å². The summed E-state index contributed by atoms with van der Waals surface area (Å²) in [5.41, 5.74) is 2.09. The van der Waals surface area contributed by atoms with Gasteiger partial charge in [-0.15, -0.1) is 0 Å². The van der Waals surface area contributed by atoms with E-state index in [0.29, 0.717) is 5.02 Å². The molecule has 0 amide bonds. The van der Waals surface area contributed by atoms with Crippen molar-refractivity contribution in [3.8, 4) is 5.75 Å². The first-order valence-corrected chi connectivity index (χ1v) is 6.74. The van der Waals surface area contributed by atoms with E-state index in [1.54, 1.807) is 12.1 Å². The summed E-state index contributed by atoms with van der Waals surface area (Å²) in [5, 5.41) is 13.3. The highest BCUT2D eigenvalue weighted by molar-refractivity contribution is 9.10. The topological polar surface area (TPSA) is 32.3 Å². The molecule has 0 spiro atoms. The number of benzene rings is 2. The van der Waals surface area contributed by atoms with Crippen molar-refractivity contribution in [3.05, 3.63) is 57.5 Å². The van der Waals surface area contributed by atoms with Crippen LogP contribution in [-0.2, 0) is 0 Å². The van der Waals surface area contributed by atoms with Crippen LogP contribution in [0.15, 0.2) is 46.9 Å². The van der Waals surface area contributed by atoms with E-state index >= 15 is 0 Å². The monoisotopic (exact) mass is 325 g/mol. The first kappa shape index (κ1) is 13.2. The quantitative estimate of drug-likeness (QED) is 0.833. The highest BCUT2D eigenvalue weighted by atomic mass is 79.9. The second kappa shape index (κ2) is 5.63. The largest absolute Gasteiger partial charge is 0.508 e. The number of anilines is 1. The predicted octanol–water partition coefficient (Wildman–Crippen LogP) is 4.98. The summed E-state index contributed by atoms with van der Waals surface area (Å²) < 4.78 is 0.931. The molecule has 2 nitrogen and oxygen atoms in total. The lowest BCUT2D eigenvalue weighted by Gasteiger charge is -2.17. The third kappa shape index (κ3) is 3.18. The second-order valence-electron chi connectivity index (χ2n) is 4.08. The van der Waals surface area contributed by atoms with E-state index in [1.165, 1.54) is 0 Å². The van der Waals surface area contributed by atoms with E-state index in [-0.39, 0.29) is 11.8 Å². The van der Waals surface area contributed by atoms with Crippen LogP contribution in [0.2, 0.25) is 5.02 Å². The zero-order valence-electron chi connectivity index (χ0n) is 9.82. The molecule has 4 heteroatoms. The van der Waals surface area contributed by atoms with Crippen molar-refractivity contribution >= 4 is 33.2 Å². The molecule has 0 saturated carbocycles. The Morgan fingerprint density at radius 3 is 2.44 bits per heavy atom. The molecule has 2 aromatic rings. The fraction of sp³-hybridized carbons (Fsp3) is 0.143. The first-order valence-electron chi connectivity index (χ1n) is 5.57. The van der Waals surface area contributed by atoms with Gasteiger partial charge in [-0.3, -0.25) is 0 Å². The number of nitrogens with one attached hydrogen (secondary N) is 1. The number of hydrogen-bond acceptors (Lipinski definition) is 2. The van der Waals surface area contributed by atoms with Gasteiger partial charge in [0.2, 0.25) is 0 Å². The van der Waals surface area contributed by atoms with Crippen LogP contribution in [0.3, 0.4) is 0 Å². The van der Waals surface area contributed by atoms with Crippen molar-refractivity contribution < 1.29 is 5.11 Å². The van der Waals surface area contributed by atoms with E-state index in [1.807, 2.05) is 30.3 Å². The van der Waals surface area contributed by atoms with Crippen molar-refractivity contribution in [3.63, 3.8) is 0 Å². The van der Waals surface area contributed by atoms with E-state index in [4.69, 9.17) is 11.6 Å². The summed E-state index contributed by atoms with van der Waals surface area (Å²) in [6.07, 6.45) is 0. The van der Waals surface area contributed by atoms with E-state index < -0.39 is 0 Å². The molecule has 2 N–H and O–H groups in total. The van der Waals surface area contributed by atoms with Gasteiger partial charge in [-0.05, 0) is 58.7 Å². The van der Waals surface area contributed by atoms with Crippen LogP contribution in [0.1, 0.15) is 18.5 Å². The van der Waals surface area contributed by atoms with Gasteiger partial charge in [0.1, 0.15) is 5.75 Å². The first-order chi connectivity index (χ1) is 8.56. The highest BCUT2D eigenvalue weighted by Gasteiger charge is 2.07. The number of aromatic hydroxyl groups is 1. The Kier molecular flexibility index (Phi) is 4.15. The molecule has 0 aliphatic rings. The normalized spacial score (nSPS) is 12.2. The minimum atomic E-state index is 0.142. The SMILES string of the molecule is CC(Nc1ccc(Cl)cc1Br)c1ccc(O)cc1. The van der Waals surface area contributed by atoms with E-state index in [0.717, 1.165) is 15.7 Å². The Labute approximate surface area is 120 Å². The fourth-order valence-corrected chi connectivity index (χ4v) is 2.48. The lowest BCUT2D eigenvalue weighted by atomic mass is 10.1. The molecule has 18 heavy (non-hydrogen) atoms. The lowest BCUT2D eigenvalue weighted by Crippen LogP contribution is -2.06. The van der Waals surface area contributed by atoms with Gasteiger partial charge in [0.05, 0.1) is 0 Å². The molecule has 1 unspecified atom stereocenters. The molecule has 0 heterocycles. The van der Waals surface area contributed by atoms with Crippen molar-refractivity contribution in [1.82, 2.24) is 0 Å². The minimum absolute atomic E-state index is 0.142. The van der Waals surface area contributed by atoms with Gasteiger partial charge in [-0.25, -0.2) is 0 Å². The number of phenolic OH excluding ortho intramolecular Hbond substituents is 1. The van der Waals surface area contributed by atoms with Crippen LogP contribution in [0, 0.1) is 0 Å². The molecular formula is C14H13BrClNO. The van der Waals surface area contributed by atoms with Gasteiger partial charge in [-0.2, -0.15) is 0 Å². The number of halogens is 2. The molecule has 2 rings (SSSR count). The second-order valence-corrected chi connectivity index (χ2v) is 5.37. The average molecular weight is 327 g/mol. The summed E-state index contributed by atoms with van der Waals surface area (Å²) in [6, 6.07) is 12.9. The molecule has 0 radical (unpaired) electrons. The van der Waals surface area contributed by atoms with E-state index in [9.17, 15) is 5.11 Å². The highest BCUT2D eigenvalue weighted by Crippen LogP contribution is 2.29. The zero-order valence-corrected chi connectivity index (χ0v) is 12.2. The minimum Gasteiger partial charge on any atom is -0.508 e. The Morgan fingerprint density at radius 1 is 1.17 bits per heavy atom. The number of rotatable bonds is 3. The molecular weight excluding hydrogens is 314 g/mol. The number of phenols is 1. The van der Waals surface area contributed by atoms with Crippen LogP contribution in [0.4, 0.5) is 5.69 Å². The van der Waals surface area contributed by atoms with Gasteiger partial charge in [0.15, 0.2) is 0 Å². The maximum atomic E-state index is 9.26. The molecule has 0 aliphatic heterocycles. The van der Waals surface area contributed by atoms with Crippen LogP contribution >= 0.6 is 27.5 Å². The van der Waals surface area contributed by atoms with E-state index in [2.05, 4.69) is 28.2 Å². The molecule has 94 valence electrons. The van der Waals surface area contributed by atoms with Crippen LogP contribution in [-0.4, -0.2) is 5.11 Å². The van der Waals surface area contributed by atoms with Crippen molar-refractivity contribution in [2.45, 2.75) is 13.0 Å². The maximum Gasteiger partial charge on any atom is 0.115 e. The van der Waals surface area contributed by atoms with Crippen molar-refractivity contribution in [2.75, 3.05) is 5.32 Å². The van der Waals surface area contributed by atoms with Crippen molar-refractivity contribution in [1.29, 1.82) is 0 Å². The molecule has 0 saturated heterocycles. The summed E-state index contributed by atoms with van der Waals surface area (Å²) in [5.74, 6) is 0.277. The summed E-state index contributed by atoms with van der Waals surface area (Å²) in [7, 11) is 0. The smallest absolute Gasteiger partial charge is 0.115 e. The molecule has 0 bridgehead atoms. The third-order valence-corrected chi connectivity index (χ3v) is 3.59. The Morgan fingerprint density at radius 2 is 1.83 bits per heavy atom. The summed E-state index contributed by atoms with van der Waals surface area (Å²) in [4.78, 5) is 0. The fourth-order valence-electron chi connectivity index (χ4n) is 1.69. The molecule has 0 fully saturated rings. The molecule has 1 atom stereocenters. The number of hydrogen-bond donors (Lipinski definition) is 2. The Hall–Kier alpha value is -1.19. The van der Waals surface area contributed by atoms with Crippen LogP contribution in [0.5, 0.6) is 5.75 Å². The molecule has 0 aliphatic carbocycles. The summed E-state index contributed by atoms with van der Waals surface area (Å²) >= 11 is 9.38. The average Bonchev–Trinajstić information content (AvgIpc) is 2.33. The van der Waals surface area contributed by atoms with Gasteiger partial charge < -0.3 is 10.4 Å². The summed E-state index contributed by atoms with van der Waals surface area (Å²) in [6.45, 7) is 2.06. The molecule has 0 aromatic heterocycles. The maximum absolute atomic E-state index is 9.26. The van der Waals surface area contributed by atoms with Gasteiger partial charge in [0, 0.05) is 21.2 Å². The third-order valence-electron chi connectivity index (χ3n) is 2.70. The predicted molar refractivity (Wildman–Crippen MR) is 79.3 cm³/mol. The van der Waals surface area contributed by atoms with Gasteiger partial charge in [0.25, 0.3) is 0 Å². The van der Waals surface area contributed by atoms with Gasteiger partial charge in [-0.1, -0.05) is 23.7 Å². The Balaban J connectivity index is 2.15.